The molecule has 0 radical (unpaired) electrons. The Hall–Kier alpha value is -1.92. The molecule has 128 valence electrons. The Balaban J connectivity index is 1.92. The predicted molar refractivity (Wildman–Crippen MR) is 83.3 cm³/mol. The third kappa shape index (κ3) is 3.89. The van der Waals surface area contributed by atoms with Crippen LogP contribution in [0.1, 0.15) is 58.8 Å². The standard InChI is InChI=1S/C16H25N3O4/c1-3-11(2)17-15(23)18-12(20)10-19-13(21)9-16(14(19)22)7-5-4-6-8-16/h11H,3-10H2,1-2H3,(H2,17,18,20,23)/t11-/m0/s1. The Morgan fingerprint density at radius 2 is 1.87 bits per heavy atom. The minimum atomic E-state index is -0.639. The summed E-state index contributed by atoms with van der Waals surface area (Å²) < 4.78 is 0. The highest BCUT2D eigenvalue weighted by molar-refractivity contribution is 6.09. The highest BCUT2D eigenvalue weighted by Gasteiger charge is 2.51. The molecule has 0 aromatic rings. The minimum Gasteiger partial charge on any atom is -0.335 e. The number of carbonyl (C=O) groups is 4. The Morgan fingerprint density at radius 1 is 1.22 bits per heavy atom. The lowest BCUT2D eigenvalue weighted by atomic mass is 9.73. The number of amides is 5. The van der Waals surface area contributed by atoms with Gasteiger partial charge in [0.05, 0.1) is 5.41 Å². The summed E-state index contributed by atoms with van der Waals surface area (Å²) in [5, 5.41) is 4.77. The maximum Gasteiger partial charge on any atom is 0.321 e. The molecule has 1 saturated heterocycles. The normalized spacial score (nSPS) is 21.4. The molecular weight excluding hydrogens is 298 g/mol. The second kappa shape index (κ2) is 7.10. The van der Waals surface area contributed by atoms with Crippen molar-refractivity contribution in [3.8, 4) is 0 Å². The van der Waals surface area contributed by atoms with Gasteiger partial charge in [-0.1, -0.05) is 26.2 Å². The van der Waals surface area contributed by atoms with E-state index in [1.54, 1.807) is 0 Å². The fourth-order valence-corrected chi connectivity index (χ4v) is 3.31. The number of rotatable bonds is 4. The fourth-order valence-electron chi connectivity index (χ4n) is 3.31. The second-order valence-corrected chi connectivity index (χ2v) is 6.63. The highest BCUT2D eigenvalue weighted by Crippen LogP contribution is 2.45. The zero-order chi connectivity index (χ0) is 17.0. The first-order chi connectivity index (χ1) is 10.9. The Labute approximate surface area is 136 Å². The first-order valence-electron chi connectivity index (χ1n) is 8.33. The van der Waals surface area contributed by atoms with Gasteiger partial charge in [0.1, 0.15) is 6.54 Å². The van der Waals surface area contributed by atoms with Gasteiger partial charge < -0.3 is 5.32 Å². The molecule has 0 unspecified atom stereocenters. The van der Waals surface area contributed by atoms with Crippen LogP contribution >= 0.6 is 0 Å². The van der Waals surface area contributed by atoms with Crippen molar-refractivity contribution in [1.29, 1.82) is 0 Å². The number of nitrogens with zero attached hydrogens (tertiary/aromatic N) is 1. The quantitative estimate of drug-likeness (QED) is 0.763. The van der Waals surface area contributed by atoms with E-state index in [4.69, 9.17) is 0 Å². The zero-order valence-corrected chi connectivity index (χ0v) is 13.8. The molecule has 2 rings (SSSR count). The first kappa shape index (κ1) is 17.4. The van der Waals surface area contributed by atoms with E-state index >= 15 is 0 Å². The number of imide groups is 2. The van der Waals surface area contributed by atoms with E-state index in [0.29, 0.717) is 12.8 Å². The summed E-state index contributed by atoms with van der Waals surface area (Å²) >= 11 is 0. The molecule has 7 heteroatoms. The lowest BCUT2D eigenvalue weighted by Crippen LogP contribution is -2.48. The largest absolute Gasteiger partial charge is 0.335 e. The molecule has 2 N–H and O–H groups in total. The number of likely N-dealkylation sites (tertiary alicyclic amines) is 1. The zero-order valence-electron chi connectivity index (χ0n) is 13.8. The summed E-state index contributed by atoms with van der Waals surface area (Å²) in [7, 11) is 0. The molecule has 23 heavy (non-hydrogen) atoms. The van der Waals surface area contributed by atoms with Gasteiger partial charge in [-0.3, -0.25) is 24.6 Å². The van der Waals surface area contributed by atoms with Crippen LogP contribution in [0.4, 0.5) is 4.79 Å². The number of urea groups is 1. The number of nitrogens with one attached hydrogen (secondary N) is 2. The topological polar surface area (TPSA) is 95.6 Å². The Kier molecular flexibility index (Phi) is 5.38. The third-order valence-electron chi connectivity index (χ3n) is 4.84. The third-order valence-corrected chi connectivity index (χ3v) is 4.84. The summed E-state index contributed by atoms with van der Waals surface area (Å²) in [6.45, 7) is 3.36. The van der Waals surface area contributed by atoms with E-state index in [2.05, 4.69) is 10.6 Å². The second-order valence-electron chi connectivity index (χ2n) is 6.63. The van der Waals surface area contributed by atoms with Gasteiger partial charge in [0.25, 0.3) is 0 Å². The highest BCUT2D eigenvalue weighted by atomic mass is 16.2. The molecule has 0 bridgehead atoms. The summed E-state index contributed by atoms with van der Waals surface area (Å²) in [6, 6.07) is -0.654. The summed E-state index contributed by atoms with van der Waals surface area (Å²) in [4.78, 5) is 49.2. The fraction of sp³-hybridized carbons (Fsp3) is 0.750. The van der Waals surface area contributed by atoms with Crippen LogP contribution in [0.15, 0.2) is 0 Å². The number of carbonyl (C=O) groups excluding carboxylic acids is 4. The Bertz CT molecular complexity index is 511. The molecule has 0 aromatic carbocycles. The number of hydrogen-bond donors (Lipinski definition) is 2. The van der Waals surface area contributed by atoms with Crippen molar-refractivity contribution >= 4 is 23.8 Å². The Morgan fingerprint density at radius 3 is 2.48 bits per heavy atom. The van der Waals surface area contributed by atoms with E-state index in [1.807, 2.05) is 13.8 Å². The van der Waals surface area contributed by atoms with E-state index < -0.39 is 17.4 Å². The molecule has 0 aromatic heterocycles. The number of hydrogen-bond acceptors (Lipinski definition) is 4. The lowest BCUT2D eigenvalue weighted by Gasteiger charge is -2.30. The van der Waals surface area contributed by atoms with Crippen molar-refractivity contribution in [2.75, 3.05) is 6.54 Å². The van der Waals surface area contributed by atoms with Gasteiger partial charge in [-0.15, -0.1) is 0 Å². The van der Waals surface area contributed by atoms with E-state index in [-0.39, 0.29) is 30.8 Å². The van der Waals surface area contributed by atoms with Crippen LogP contribution in [0, 0.1) is 5.41 Å². The SMILES string of the molecule is CC[C@H](C)NC(=O)NC(=O)CN1C(=O)CC2(CCCCC2)C1=O. The van der Waals surface area contributed by atoms with E-state index in [9.17, 15) is 19.2 Å². The molecule has 1 heterocycles. The molecular formula is C16H25N3O4. The van der Waals surface area contributed by atoms with Gasteiger partial charge in [0, 0.05) is 12.5 Å². The molecule has 7 nitrogen and oxygen atoms in total. The van der Waals surface area contributed by atoms with Crippen molar-refractivity contribution in [1.82, 2.24) is 15.5 Å². The molecule has 1 aliphatic carbocycles. The molecule has 2 aliphatic rings. The van der Waals surface area contributed by atoms with E-state index in [1.165, 1.54) is 0 Å². The maximum atomic E-state index is 12.6. The van der Waals surface area contributed by atoms with E-state index in [0.717, 1.165) is 30.6 Å². The average Bonchev–Trinajstić information content (AvgIpc) is 2.72. The van der Waals surface area contributed by atoms with Crippen molar-refractivity contribution in [3.63, 3.8) is 0 Å². The van der Waals surface area contributed by atoms with Crippen LogP contribution < -0.4 is 10.6 Å². The molecule has 1 atom stereocenters. The molecule has 1 spiro atoms. The predicted octanol–water partition coefficient (Wildman–Crippen LogP) is 1.32. The van der Waals surface area contributed by atoms with Crippen LogP contribution in [0.5, 0.6) is 0 Å². The van der Waals surface area contributed by atoms with Crippen LogP contribution in [-0.2, 0) is 14.4 Å². The van der Waals surface area contributed by atoms with Crippen molar-refractivity contribution in [2.45, 2.75) is 64.8 Å². The van der Waals surface area contributed by atoms with Crippen molar-refractivity contribution < 1.29 is 19.2 Å². The van der Waals surface area contributed by atoms with Gasteiger partial charge in [-0.25, -0.2) is 4.79 Å². The molecule has 5 amide bonds. The molecule has 1 aliphatic heterocycles. The van der Waals surface area contributed by atoms with Crippen LogP contribution in [0.2, 0.25) is 0 Å². The van der Waals surface area contributed by atoms with Gasteiger partial charge in [0.2, 0.25) is 17.7 Å². The molecule has 1 saturated carbocycles. The molecule has 2 fully saturated rings. The monoisotopic (exact) mass is 323 g/mol. The van der Waals surface area contributed by atoms with Crippen molar-refractivity contribution in [3.05, 3.63) is 0 Å². The average molecular weight is 323 g/mol. The van der Waals surface area contributed by atoms with Gasteiger partial charge in [-0.05, 0) is 26.2 Å². The summed E-state index contributed by atoms with van der Waals surface area (Å²) in [5.74, 6) is -1.20. The minimum absolute atomic E-state index is 0.0524. The van der Waals surface area contributed by atoms with Crippen LogP contribution in [0.25, 0.3) is 0 Å². The van der Waals surface area contributed by atoms with Gasteiger partial charge in [-0.2, -0.15) is 0 Å². The lowest BCUT2D eigenvalue weighted by molar-refractivity contribution is -0.145. The van der Waals surface area contributed by atoms with Gasteiger partial charge in [0.15, 0.2) is 0 Å². The summed E-state index contributed by atoms with van der Waals surface area (Å²) in [5.41, 5.74) is -0.603. The first-order valence-corrected chi connectivity index (χ1v) is 8.33. The summed E-state index contributed by atoms with van der Waals surface area (Å²) in [6.07, 6.45) is 5.33. The van der Waals surface area contributed by atoms with Crippen LogP contribution in [0.3, 0.4) is 0 Å². The smallest absolute Gasteiger partial charge is 0.321 e. The van der Waals surface area contributed by atoms with Gasteiger partial charge >= 0.3 is 6.03 Å². The van der Waals surface area contributed by atoms with Crippen molar-refractivity contribution in [2.24, 2.45) is 5.41 Å². The van der Waals surface area contributed by atoms with Crippen LogP contribution in [-0.4, -0.2) is 41.2 Å². The maximum absolute atomic E-state index is 12.6.